The van der Waals surface area contributed by atoms with Crippen molar-refractivity contribution >= 4 is 29.4 Å². The third-order valence-electron chi connectivity index (χ3n) is 3.57. The fourth-order valence-electron chi connectivity index (χ4n) is 2.45. The molecule has 8 heteroatoms. The van der Waals surface area contributed by atoms with E-state index < -0.39 is 35.8 Å². The van der Waals surface area contributed by atoms with E-state index in [1.165, 1.54) is 18.3 Å². The lowest BCUT2D eigenvalue weighted by Crippen LogP contribution is -2.45. The molecule has 2 atom stereocenters. The summed E-state index contributed by atoms with van der Waals surface area (Å²) in [5.74, 6) is -1.42. The van der Waals surface area contributed by atoms with Gasteiger partial charge < -0.3 is 19.5 Å². The number of benzene rings is 1. The summed E-state index contributed by atoms with van der Waals surface area (Å²) < 4.78 is 15.9. The number of hydrogen-bond donors (Lipinski definition) is 1. The zero-order valence-electron chi connectivity index (χ0n) is 16.8. The summed E-state index contributed by atoms with van der Waals surface area (Å²) in [6, 6.07) is 11.7. The molecule has 1 N–H and O–H groups in total. The first-order valence-corrected chi connectivity index (χ1v) is 9.94. The highest BCUT2D eigenvalue weighted by atomic mass is 32.1. The summed E-state index contributed by atoms with van der Waals surface area (Å²) in [6.07, 6.45) is -2.09. The van der Waals surface area contributed by atoms with E-state index in [1.807, 2.05) is 30.3 Å². The molecule has 0 bridgehead atoms. The molecule has 29 heavy (non-hydrogen) atoms. The molecule has 7 nitrogen and oxygen atoms in total. The molecule has 0 aliphatic rings. The lowest BCUT2D eigenvalue weighted by Gasteiger charge is -2.28. The third-order valence-corrected chi connectivity index (χ3v) is 4.53. The maximum atomic E-state index is 12.7. The van der Waals surface area contributed by atoms with Crippen LogP contribution in [0.15, 0.2) is 47.8 Å². The molecule has 2 rings (SSSR count). The van der Waals surface area contributed by atoms with Crippen LogP contribution in [0, 0.1) is 0 Å². The number of rotatable bonds is 7. The van der Waals surface area contributed by atoms with Gasteiger partial charge in [-0.3, -0.25) is 4.79 Å². The molecule has 0 aliphatic carbocycles. The molecule has 0 fully saturated rings. The van der Waals surface area contributed by atoms with E-state index in [0.717, 1.165) is 5.56 Å². The van der Waals surface area contributed by atoms with Gasteiger partial charge in [0.15, 0.2) is 0 Å². The molecule has 156 valence electrons. The van der Waals surface area contributed by atoms with Crippen LogP contribution < -0.4 is 5.32 Å². The normalized spacial score (nSPS) is 13.1. The van der Waals surface area contributed by atoms with Gasteiger partial charge in [0.25, 0.3) is 0 Å². The summed E-state index contributed by atoms with van der Waals surface area (Å²) in [7, 11) is 0. The van der Waals surface area contributed by atoms with Crippen LogP contribution in [0.2, 0.25) is 0 Å². The lowest BCUT2D eigenvalue weighted by atomic mass is 10.1. The van der Waals surface area contributed by atoms with Gasteiger partial charge in [0, 0.05) is 11.8 Å². The molecule has 0 unspecified atom stereocenters. The number of esters is 2. The van der Waals surface area contributed by atoms with Crippen LogP contribution in [0.1, 0.15) is 44.2 Å². The van der Waals surface area contributed by atoms with Crippen molar-refractivity contribution in [3.63, 3.8) is 0 Å². The number of alkyl carbamates (subject to hydrolysis) is 1. The van der Waals surface area contributed by atoms with Crippen LogP contribution in [0.3, 0.4) is 0 Å². The fourth-order valence-corrected chi connectivity index (χ4v) is 3.25. The number of ether oxygens (including phenoxy) is 3. The Balaban J connectivity index is 2.18. The first kappa shape index (κ1) is 22.4. The number of amides is 1. The molecular formula is C21H25NO6S. The molecular weight excluding hydrogens is 394 g/mol. The molecule has 1 heterocycles. The Morgan fingerprint density at radius 1 is 1.07 bits per heavy atom. The van der Waals surface area contributed by atoms with Crippen LogP contribution in [0.5, 0.6) is 0 Å². The number of carbonyl (C=O) groups excluding carboxylic acids is 3. The fraction of sp³-hybridized carbons (Fsp3) is 0.381. The Morgan fingerprint density at radius 2 is 1.76 bits per heavy atom. The predicted octanol–water partition coefficient (Wildman–Crippen LogP) is 3.99. The van der Waals surface area contributed by atoms with Crippen molar-refractivity contribution in [3.8, 4) is 0 Å². The molecule has 0 spiro atoms. The van der Waals surface area contributed by atoms with Crippen LogP contribution in [0.25, 0.3) is 0 Å². The molecule has 1 aromatic heterocycles. The monoisotopic (exact) mass is 419 g/mol. The summed E-state index contributed by atoms with van der Waals surface area (Å²) in [4.78, 5) is 37.4. The van der Waals surface area contributed by atoms with Gasteiger partial charge in [-0.2, -0.15) is 0 Å². The van der Waals surface area contributed by atoms with Gasteiger partial charge in [0.1, 0.15) is 18.2 Å². The number of carbonyl (C=O) groups is 3. The number of hydrogen-bond acceptors (Lipinski definition) is 7. The van der Waals surface area contributed by atoms with Gasteiger partial charge in [0.05, 0.1) is 0 Å². The number of nitrogens with one attached hydrogen (secondary N) is 1. The van der Waals surface area contributed by atoms with Crippen molar-refractivity contribution in [2.75, 3.05) is 0 Å². The van der Waals surface area contributed by atoms with Gasteiger partial charge in [-0.05, 0) is 37.8 Å². The van der Waals surface area contributed by atoms with Crippen molar-refractivity contribution < 1.29 is 28.6 Å². The highest BCUT2D eigenvalue weighted by molar-refractivity contribution is 7.10. The van der Waals surface area contributed by atoms with Crippen LogP contribution in [-0.2, 0) is 30.4 Å². The van der Waals surface area contributed by atoms with Crippen LogP contribution in [0.4, 0.5) is 4.79 Å². The SMILES string of the molecule is CC(=O)O[C@@H](C(=O)OC(C)(C)C)[C@@H](NC(=O)OCc1ccccc1)c1cccs1. The van der Waals surface area contributed by atoms with E-state index >= 15 is 0 Å². The second-order valence-electron chi connectivity index (χ2n) is 7.26. The molecule has 0 saturated carbocycles. The van der Waals surface area contributed by atoms with Crippen molar-refractivity contribution in [2.24, 2.45) is 0 Å². The zero-order valence-corrected chi connectivity index (χ0v) is 17.7. The molecule has 0 saturated heterocycles. The number of thiophene rings is 1. The van der Waals surface area contributed by atoms with Gasteiger partial charge >= 0.3 is 18.0 Å². The van der Waals surface area contributed by atoms with E-state index in [-0.39, 0.29) is 6.61 Å². The van der Waals surface area contributed by atoms with Crippen molar-refractivity contribution in [3.05, 3.63) is 58.3 Å². The molecule has 1 aromatic carbocycles. The highest BCUT2D eigenvalue weighted by Gasteiger charge is 2.38. The molecule has 0 radical (unpaired) electrons. The smallest absolute Gasteiger partial charge is 0.408 e. The first-order chi connectivity index (χ1) is 13.7. The minimum Gasteiger partial charge on any atom is -0.457 e. The molecule has 1 amide bonds. The van der Waals surface area contributed by atoms with Gasteiger partial charge in [-0.1, -0.05) is 36.4 Å². The van der Waals surface area contributed by atoms with E-state index in [2.05, 4.69) is 5.32 Å². The zero-order chi connectivity index (χ0) is 21.4. The van der Waals surface area contributed by atoms with E-state index in [1.54, 1.807) is 38.3 Å². The first-order valence-electron chi connectivity index (χ1n) is 9.06. The minimum absolute atomic E-state index is 0.0640. The van der Waals surface area contributed by atoms with E-state index in [0.29, 0.717) is 4.88 Å². The molecule has 2 aromatic rings. The standard InChI is InChI=1S/C21H25NO6S/c1-14(23)27-18(19(24)28-21(2,3)4)17(16-11-8-12-29-16)22-20(25)26-13-15-9-6-5-7-10-15/h5-12,17-18H,13H2,1-4H3,(H,22,25)/t17-,18+/m0/s1. The Kier molecular flexibility index (Phi) is 7.78. The van der Waals surface area contributed by atoms with Crippen molar-refractivity contribution in [2.45, 2.75) is 52.0 Å². The highest BCUT2D eigenvalue weighted by Crippen LogP contribution is 2.26. The second-order valence-corrected chi connectivity index (χ2v) is 8.24. The predicted molar refractivity (Wildman–Crippen MR) is 108 cm³/mol. The summed E-state index contributed by atoms with van der Waals surface area (Å²) in [6.45, 7) is 6.37. The van der Waals surface area contributed by atoms with Crippen LogP contribution in [-0.4, -0.2) is 29.7 Å². The van der Waals surface area contributed by atoms with Gasteiger partial charge in [-0.25, -0.2) is 9.59 Å². The topological polar surface area (TPSA) is 90.9 Å². The van der Waals surface area contributed by atoms with Crippen LogP contribution >= 0.6 is 11.3 Å². The largest absolute Gasteiger partial charge is 0.457 e. The Bertz CT molecular complexity index is 813. The Hall–Kier alpha value is -2.87. The summed E-state index contributed by atoms with van der Waals surface area (Å²) in [5, 5.41) is 4.42. The summed E-state index contributed by atoms with van der Waals surface area (Å²) >= 11 is 1.31. The average Bonchev–Trinajstić information content (AvgIpc) is 3.16. The van der Waals surface area contributed by atoms with E-state index in [9.17, 15) is 14.4 Å². The Labute approximate surface area is 174 Å². The third kappa shape index (κ3) is 7.57. The van der Waals surface area contributed by atoms with Crippen molar-refractivity contribution in [1.82, 2.24) is 5.32 Å². The molecule has 0 aliphatic heterocycles. The van der Waals surface area contributed by atoms with Gasteiger partial charge in [0.2, 0.25) is 6.10 Å². The minimum atomic E-state index is -1.35. The van der Waals surface area contributed by atoms with Crippen molar-refractivity contribution in [1.29, 1.82) is 0 Å². The van der Waals surface area contributed by atoms with Gasteiger partial charge in [-0.15, -0.1) is 11.3 Å². The average molecular weight is 419 g/mol. The summed E-state index contributed by atoms with van der Waals surface area (Å²) in [5.41, 5.74) is 0.0301. The lowest BCUT2D eigenvalue weighted by molar-refractivity contribution is -0.177. The van der Waals surface area contributed by atoms with E-state index in [4.69, 9.17) is 14.2 Å². The quantitative estimate of drug-likeness (QED) is 0.539. The second kappa shape index (κ2) is 10.1. The Morgan fingerprint density at radius 3 is 2.31 bits per heavy atom. The maximum absolute atomic E-state index is 12.7. The maximum Gasteiger partial charge on any atom is 0.408 e.